The number of anilines is 1. The molecule has 106 valence electrons. The van der Waals surface area contributed by atoms with Gasteiger partial charge in [0.25, 0.3) is 5.91 Å². The molecule has 0 saturated heterocycles. The fourth-order valence-electron chi connectivity index (χ4n) is 1.49. The molecule has 0 spiro atoms. The lowest BCUT2D eigenvalue weighted by Crippen LogP contribution is -2.18. The molecule has 1 heterocycles. The number of amides is 1. The molecular formula is C12H11BrN2O4S. The molecular weight excluding hydrogens is 348 g/mol. The average molecular weight is 359 g/mol. The first-order chi connectivity index (χ1) is 9.44. The molecule has 0 bridgehead atoms. The number of furan rings is 1. The number of carbonyl (C=O) groups is 1. The van der Waals surface area contributed by atoms with Crippen LogP contribution in [0.15, 0.2) is 50.6 Å². The van der Waals surface area contributed by atoms with Crippen LogP contribution in [0.1, 0.15) is 10.4 Å². The van der Waals surface area contributed by atoms with E-state index in [0.717, 1.165) is 0 Å². The summed E-state index contributed by atoms with van der Waals surface area (Å²) in [5, 5.41) is 2.64. The van der Waals surface area contributed by atoms with Gasteiger partial charge in [-0.05, 0) is 53.3 Å². The van der Waals surface area contributed by atoms with E-state index in [4.69, 9.17) is 4.42 Å². The second-order valence-corrected chi connectivity index (χ2v) is 6.40. The molecule has 6 nitrogen and oxygen atoms in total. The van der Waals surface area contributed by atoms with Gasteiger partial charge >= 0.3 is 0 Å². The molecule has 0 aliphatic heterocycles. The van der Waals surface area contributed by atoms with Crippen LogP contribution in [0.2, 0.25) is 0 Å². The molecule has 1 amide bonds. The summed E-state index contributed by atoms with van der Waals surface area (Å²) in [7, 11) is -2.14. The van der Waals surface area contributed by atoms with Gasteiger partial charge in [-0.15, -0.1) is 0 Å². The van der Waals surface area contributed by atoms with Crippen LogP contribution in [0.25, 0.3) is 0 Å². The molecule has 0 saturated carbocycles. The van der Waals surface area contributed by atoms with E-state index >= 15 is 0 Å². The number of sulfonamides is 1. The third-order valence-electron chi connectivity index (χ3n) is 2.55. The predicted molar refractivity (Wildman–Crippen MR) is 77.0 cm³/mol. The second-order valence-electron chi connectivity index (χ2n) is 3.79. The normalized spacial score (nSPS) is 11.3. The maximum absolute atomic E-state index is 11.9. The lowest BCUT2D eigenvalue weighted by molar-refractivity contribution is 0.102. The van der Waals surface area contributed by atoms with E-state index in [1.54, 1.807) is 0 Å². The van der Waals surface area contributed by atoms with Crippen LogP contribution >= 0.6 is 15.9 Å². The van der Waals surface area contributed by atoms with E-state index in [-0.39, 0.29) is 10.8 Å². The first-order valence-electron chi connectivity index (χ1n) is 5.52. The summed E-state index contributed by atoms with van der Waals surface area (Å²) in [4.78, 5) is 12.0. The van der Waals surface area contributed by atoms with Crippen LogP contribution in [-0.2, 0) is 10.0 Å². The summed E-state index contributed by atoms with van der Waals surface area (Å²) in [6, 6.07) is 7.36. The summed E-state index contributed by atoms with van der Waals surface area (Å²) in [5.41, 5.74) is 0.843. The van der Waals surface area contributed by atoms with Crippen molar-refractivity contribution in [3.63, 3.8) is 0 Å². The minimum absolute atomic E-state index is 0.127. The summed E-state index contributed by atoms with van der Waals surface area (Å²) in [6.07, 6.45) is 1.39. The third-order valence-corrected chi connectivity index (χ3v) is 4.60. The highest BCUT2D eigenvalue weighted by molar-refractivity contribution is 9.10. The van der Waals surface area contributed by atoms with Gasteiger partial charge in [0.1, 0.15) is 0 Å². The summed E-state index contributed by atoms with van der Waals surface area (Å²) in [5.74, 6) is -0.352. The minimum atomic E-state index is -3.48. The van der Waals surface area contributed by atoms with Crippen molar-refractivity contribution >= 4 is 37.5 Å². The zero-order chi connectivity index (χ0) is 14.8. The molecule has 0 aliphatic carbocycles. The van der Waals surface area contributed by atoms with Crippen molar-refractivity contribution in [2.45, 2.75) is 4.90 Å². The van der Waals surface area contributed by atoms with Crippen molar-refractivity contribution < 1.29 is 17.6 Å². The highest BCUT2D eigenvalue weighted by Gasteiger charge is 2.14. The van der Waals surface area contributed by atoms with Gasteiger partial charge in [-0.3, -0.25) is 4.79 Å². The highest BCUT2D eigenvalue weighted by atomic mass is 79.9. The molecule has 2 N–H and O–H groups in total. The van der Waals surface area contributed by atoms with Crippen LogP contribution in [0, 0.1) is 0 Å². The Morgan fingerprint density at radius 1 is 1.20 bits per heavy atom. The molecule has 1 aromatic carbocycles. The van der Waals surface area contributed by atoms with Gasteiger partial charge in [-0.25, -0.2) is 13.1 Å². The van der Waals surface area contributed by atoms with Crippen LogP contribution in [-0.4, -0.2) is 21.4 Å². The van der Waals surface area contributed by atoms with E-state index in [0.29, 0.717) is 15.9 Å². The lowest BCUT2D eigenvalue weighted by Gasteiger charge is -2.06. The van der Waals surface area contributed by atoms with Gasteiger partial charge in [0.15, 0.2) is 4.67 Å². The topological polar surface area (TPSA) is 88.4 Å². The largest absolute Gasteiger partial charge is 0.457 e. The van der Waals surface area contributed by atoms with E-state index in [9.17, 15) is 13.2 Å². The van der Waals surface area contributed by atoms with E-state index in [2.05, 4.69) is 26.0 Å². The van der Waals surface area contributed by atoms with Gasteiger partial charge in [0.05, 0.1) is 16.7 Å². The molecule has 0 fully saturated rings. The average Bonchev–Trinajstić information content (AvgIpc) is 2.85. The second kappa shape index (κ2) is 5.78. The van der Waals surface area contributed by atoms with Gasteiger partial charge in [-0.1, -0.05) is 0 Å². The predicted octanol–water partition coefficient (Wildman–Crippen LogP) is 2.20. The van der Waals surface area contributed by atoms with Crippen molar-refractivity contribution in [2.24, 2.45) is 0 Å². The first kappa shape index (κ1) is 14.8. The van der Waals surface area contributed by atoms with Crippen LogP contribution in [0.4, 0.5) is 5.69 Å². The first-order valence-corrected chi connectivity index (χ1v) is 7.79. The molecule has 1 aromatic heterocycles. The number of rotatable bonds is 4. The fourth-order valence-corrected chi connectivity index (χ4v) is 2.64. The SMILES string of the molecule is CNS(=O)(=O)c1ccc(NC(=O)c2ccoc2Br)cc1. The number of halogens is 1. The number of benzene rings is 1. The van der Waals surface area contributed by atoms with Crippen LogP contribution in [0.5, 0.6) is 0 Å². The molecule has 0 atom stereocenters. The minimum Gasteiger partial charge on any atom is -0.457 e. The Labute approximate surface area is 124 Å². The third kappa shape index (κ3) is 3.09. The Bertz CT molecular complexity index is 722. The fraction of sp³-hybridized carbons (Fsp3) is 0.0833. The summed E-state index contributed by atoms with van der Waals surface area (Å²) < 4.78 is 30.6. The Balaban J connectivity index is 2.16. The van der Waals surface area contributed by atoms with Gasteiger partial charge < -0.3 is 9.73 Å². The monoisotopic (exact) mass is 358 g/mol. The Morgan fingerprint density at radius 3 is 2.35 bits per heavy atom. The highest BCUT2D eigenvalue weighted by Crippen LogP contribution is 2.20. The van der Waals surface area contributed by atoms with Crippen molar-refractivity contribution in [1.29, 1.82) is 0 Å². The molecule has 0 unspecified atom stereocenters. The zero-order valence-corrected chi connectivity index (χ0v) is 12.8. The van der Waals surface area contributed by atoms with E-state index < -0.39 is 10.0 Å². The molecule has 2 rings (SSSR count). The summed E-state index contributed by atoms with van der Waals surface area (Å²) >= 11 is 3.11. The van der Waals surface area contributed by atoms with Crippen LogP contribution in [0.3, 0.4) is 0 Å². The number of hydrogen-bond acceptors (Lipinski definition) is 4. The van der Waals surface area contributed by atoms with Crippen molar-refractivity contribution in [1.82, 2.24) is 4.72 Å². The van der Waals surface area contributed by atoms with Gasteiger partial charge in [0.2, 0.25) is 10.0 Å². The number of nitrogens with one attached hydrogen (secondary N) is 2. The van der Waals surface area contributed by atoms with Crippen molar-refractivity contribution in [3.05, 3.63) is 46.8 Å². The maximum atomic E-state index is 11.9. The van der Waals surface area contributed by atoms with Gasteiger partial charge in [-0.2, -0.15) is 0 Å². The van der Waals surface area contributed by atoms with E-state index in [1.807, 2.05) is 0 Å². The molecule has 0 radical (unpaired) electrons. The standard InChI is InChI=1S/C12H11BrN2O4S/c1-14-20(17,18)9-4-2-8(3-5-9)15-12(16)10-6-7-19-11(10)13/h2-7,14H,1H3,(H,15,16). The smallest absolute Gasteiger partial charge is 0.260 e. The molecule has 2 aromatic rings. The van der Waals surface area contributed by atoms with Crippen LogP contribution < -0.4 is 10.0 Å². The summed E-state index contributed by atoms with van der Waals surface area (Å²) in [6.45, 7) is 0. The molecule has 0 aliphatic rings. The zero-order valence-electron chi connectivity index (χ0n) is 10.4. The number of carbonyl (C=O) groups excluding carboxylic acids is 1. The molecule has 20 heavy (non-hydrogen) atoms. The maximum Gasteiger partial charge on any atom is 0.260 e. The van der Waals surface area contributed by atoms with Gasteiger partial charge in [0, 0.05) is 5.69 Å². The Morgan fingerprint density at radius 2 is 1.85 bits per heavy atom. The van der Waals surface area contributed by atoms with E-state index in [1.165, 1.54) is 43.6 Å². The Hall–Kier alpha value is -1.64. The van der Waals surface area contributed by atoms with Crippen molar-refractivity contribution in [2.75, 3.05) is 12.4 Å². The lowest BCUT2D eigenvalue weighted by atomic mass is 10.3. The quantitative estimate of drug-likeness (QED) is 0.876. The molecule has 8 heteroatoms. The number of hydrogen-bond donors (Lipinski definition) is 2. The Kier molecular flexibility index (Phi) is 4.26. The van der Waals surface area contributed by atoms with Crippen molar-refractivity contribution in [3.8, 4) is 0 Å².